The fourth-order valence-electron chi connectivity index (χ4n) is 2.69. The highest BCUT2D eigenvalue weighted by Crippen LogP contribution is 2.28. The van der Waals surface area contributed by atoms with E-state index in [4.69, 9.17) is 5.26 Å². The number of piperazine rings is 1. The molecular weight excluding hydrogens is 241 g/mol. The number of benzene rings is 1. The number of halogens is 1. The summed E-state index contributed by atoms with van der Waals surface area (Å²) in [6.45, 7) is 5.90. The number of likely N-dealkylation sites (N-methyl/N-ethyl adjacent to an activating group) is 1. The van der Waals surface area contributed by atoms with E-state index < -0.39 is 0 Å². The number of rotatable bonds is 2. The summed E-state index contributed by atoms with van der Waals surface area (Å²) in [6, 6.07) is 9.10. The van der Waals surface area contributed by atoms with Crippen LogP contribution in [0, 0.1) is 17.1 Å². The molecular formula is C15H20FN3. The number of anilines is 1. The first-order valence-electron chi connectivity index (χ1n) is 6.54. The maximum absolute atomic E-state index is 13.3. The lowest BCUT2D eigenvalue weighted by atomic mass is 9.94. The lowest BCUT2D eigenvalue weighted by Gasteiger charge is -2.50. The monoisotopic (exact) mass is 261 g/mol. The number of nitrogens with zero attached hydrogens (tertiary/aromatic N) is 3. The van der Waals surface area contributed by atoms with Gasteiger partial charge in [0.1, 0.15) is 5.82 Å². The Kier molecular flexibility index (Phi) is 3.77. The molecule has 1 heterocycles. The molecule has 0 amide bonds. The van der Waals surface area contributed by atoms with Gasteiger partial charge in [0, 0.05) is 30.4 Å². The fourth-order valence-corrected chi connectivity index (χ4v) is 2.69. The minimum atomic E-state index is -0.217. The summed E-state index contributed by atoms with van der Waals surface area (Å²) in [5.41, 5.74) is 0.857. The molecule has 1 aliphatic heterocycles. The molecule has 102 valence electrons. The number of nitriles is 1. The van der Waals surface area contributed by atoms with Gasteiger partial charge in [-0.15, -0.1) is 0 Å². The Hall–Kier alpha value is -1.60. The lowest BCUT2D eigenvalue weighted by molar-refractivity contribution is 0.0826. The molecule has 1 fully saturated rings. The van der Waals surface area contributed by atoms with Crippen LogP contribution in [0.4, 0.5) is 10.1 Å². The average Bonchev–Trinajstić information content (AvgIpc) is 2.35. The molecule has 1 aliphatic rings. The summed E-state index contributed by atoms with van der Waals surface area (Å²) in [6.07, 6.45) is 0.492. The van der Waals surface area contributed by atoms with E-state index in [1.165, 1.54) is 6.07 Å². The highest BCUT2D eigenvalue weighted by molar-refractivity contribution is 5.48. The Balaban J connectivity index is 2.25. The van der Waals surface area contributed by atoms with Crippen LogP contribution in [0.25, 0.3) is 0 Å². The quantitative estimate of drug-likeness (QED) is 0.820. The topological polar surface area (TPSA) is 30.3 Å². The van der Waals surface area contributed by atoms with E-state index in [0.29, 0.717) is 6.42 Å². The number of hydrogen-bond donors (Lipinski definition) is 0. The van der Waals surface area contributed by atoms with Crippen LogP contribution in [0.2, 0.25) is 0 Å². The van der Waals surface area contributed by atoms with Crippen molar-refractivity contribution in [3.63, 3.8) is 0 Å². The van der Waals surface area contributed by atoms with Gasteiger partial charge in [-0.3, -0.25) is 4.90 Å². The van der Waals surface area contributed by atoms with Gasteiger partial charge < -0.3 is 4.90 Å². The molecule has 1 aromatic carbocycles. The highest BCUT2D eigenvalue weighted by atomic mass is 19.1. The van der Waals surface area contributed by atoms with Gasteiger partial charge in [0.25, 0.3) is 0 Å². The van der Waals surface area contributed by atoms with Crippen molar-refractivity contribution in [2.75, 3.05) is 25.0 Å². The zero-order valence-electron chi connectivity index (χ0n) is 11.7. The Morgan fingerprint density at radius 1 is 1.47 bits per heavy atom. The SMILES string of the molecule is CN1C(CC#N)CN(c2cccc(F)c2)CC1(C)C. The van der Waals surface area contributed by atoms with Crippen molar-refractivity contribution in [3.05, 3.63) is 30.1 Å². The van der Waals surface area contributed by atoms with E-state index in [-0.39, 0.29) is 17.4 Å². The molecule has 1 saturated heterocycles. The van der Waals surface area contributed by atoms with Gasteiger partial charge >= 0.3 is 0 Å². The van der Waals surface area contributed by atoms with Crippen molar-refractivity contribution in [3.8, 4) is 6.07 Å². The van der Waals surface area contributed by atoms with Gasteiger partial charge in [0.05, 0.1) is 12.5 Å². The highest BCUT2D eigenvalue weighted by Gasteiger charge is 2.37. The van der Waals surface area contributed by atoms with E-state index in [9.17, 15) is 4.39 Å². The average molecular weight is 261 g/mol. The first-order chi connectivity index (χ1) is 8.94. The van der Waals surface area contributed by atoms with Crippen LogP contribution >= 0.6 is 0 Å². The van der Waals surface area contributed by atoms with Gasteiger partial charge in [-0.2, -0.15) is 5.26 Å². The van der Waals surface area contributed by atoms with E-state index >= 15 is 0 Å². The Morgan fingerprint density at radius 2 is 2.21 bits per heavy atom. The predicted molar refractivity (Wildman–Crippen MR) is 74.5 cm³/mol. The van der Waals surface area contributed by atoms with Crippen molar-refractivity contribution in [1.29, 1.82) is 5.26 Å². The maximum atomic E-state index is 13.3. The summed E-state index contributed by atoms with van der Waals surface area (Å²) in [7, 11) is 2.06. The smallest absolute Gasteiger partial charge is 0.125 e. The molecule has 19 heavy (non-hydrogen) atoms. The predicted octanol–water partition coefficient (Wildman–Crippen LogP) is 2.64. The molecule has 0 spiro atoms. The number of hydrogen-bond acceptors (Lipinski definition) is 3. The maximum Gasteiger partial charge on any atom is 0.125 e. The standard InChI is InChI=1S/C15H20FN3/c1-15(2)11-19(10-14(7-8-17)18(15)3)13-6-4-5-12(16)9-13/h4-6,9,14H,7,10-11H2,1-3H3. The van der Waals surface area contributed by atoms with Gasteiger partial charge in [-0.1, -0.05) is 6.07 Å². The molecule has 1 atom stereocenters. The summed E-state index contributed by atoms with van der Waals surface area (Å²) >= 11 is 0. The summed E-state index contributed by atoms with van der Waals surface area (Å²) < 4.78 is 13.3. The Labute approximate surface area is 114 Å². The van der Waals surface area contributed by atoms with Gasteiger partial charge in [-0.05, 0) is 39.1 Å². The molecule has 0 aliphatic carbocycles. The van der Waals surface area contributed by atoms with Gasteiger partial charge in [0.2, 0.25) is 0 Å². The largest absolute Gasteiger partial charge is 0.368 e. The van der Waals surface area contributed by atoms with Crippen LogP contribution in [0.15, 0.2) is 24.3 Å². The van der Waals surface area contributed by atoms with Crippen LogP contribution < -0.4 is 4.90 Å². The zero-order valence-corrected chi connectivity index (χ0v) is 11.7. The summed E-state index contributed by atoms with van der Waals surface area (Å²) in [5, 5.41) is 8.95. The first kappa shape index (κ1) is 13.8. The molecule has 1 unspecified atom stereocenters. The molecule has 3 nitrogen and oxygen atoms in total. The van der Waals surface area contributed by atoms with E-state index in [0.717, 1.165) is 18.8 Å². The van der Waals surface area contributed by atoms with Gasteiger partial charge in [-0.25, -0.2) is 4.39 Å². The molecule has 0 saturated carbocycles. The third-order valence-corrected chi connectivity index (χ3v) is 4.01. The molecule has 2 rings (SSSR count). The van der Waals surface area contributed by atoms with Crippen LogP contribution in [0.1, 0.15) is 20.3 Å². The molecule has 1 aromatic rings. The second-order valence-corrected chi connectivity index (χ2v) is 5.80. The second-order valence-electron chi connectivity index (χ2n) is 5.80. The van der Waals surface area contributed by atoms with Crippen molar-refractivity contribution >= 4 is 5.69 Å². The second kappa shape index (κ2) is 5.18. The third-order valence-electron chi connectivity index (χ3n) is 4.01. The van der Waals surface area contributed by atoms with E-state index in [1.807, 2.05) is 6.07 Å². The summed E-state index contributed by atoms with van der Waals surface area (Å²) in [5.74, 6) is -0.217. The Bertz CT molecular complexity index is 492. The van der Waals surface area contributed by atoms with E-state index in [1.54, 1.807) is 12.1 Å². The van der Waals surface area contributed by atoms with Crippen molar-refractivity contribution in [1.82, 2.24) is 4.90 Å². The third kappa shape index (κ3) is 2.87. The normalized spacial score (nSPS) is 23.1. The molecule has 0 bridgehead atoms. The molecule has 0 aromatic heterocycles. The zero-order chi connectivity index (χ0) is 14.0. The molecule has 4 heteroatoms. The first-order valence-corrected chi connectivity index (χ1v) is 6.54. The minimum absolute atomic E-state index is 0.0356. The van der Waals surface area contributed by atoms with Crippen LogP contribution in [-0.2, 0) is 0 Å². The fraction of sp³-hybridized carbons (Fsp3) is 0.533. The lowest BCUT2D eigenvalue weighted by Crippen LogP contribution is -2.62. The minimum Gasteiger partial charge on any atom is -0.368 e. The van der Waals surface area contributed by atoms with Crippen LogP contribution in [0.3, 0.4) is 0 Å². The van der Waals surface area contributed by atoms with Crippen LogP contribution in [0.5, 0.6) is 0 Å². The molecule has 0 radical (unpaired) electrons. The Morgan fingerprint density at radius 3 is 2.84 bits per heavy atom. The van der Waals surface area contributed by atoms with Crippen molar-refractivity contribution in [2.24, 2.45) is 0 Å². The molecule has 0 N–H and O–H groups in total. The van der Waals surface area contributed by atoms with Gasteiger partial charge in [0.15, 0.2) is 0 Å². The van der Waals surface area contributed by atoms with Crippen LogP contribution in [-0.4, -0.2) is 36.6 Å². The van der Waals surface area contributed by atoms with E-state index in [2.05, 4.69) is 36.8 Å². The summed E-state index contributed by atoms with van der Waals surface area (Å²) in [4.78, 5) is 4.43. The van der Waals surface area contributed by atoms with Crippen molar-refractivity contribution in [2.45, 2.75) is 31.8 Å². The van der Waals surface area contributed by atoms with Crippen molar-refractivity contribution < 1.29 is 4.39 Å².